The Labute approximate surface area is 132 Å². The summed E-state index contributed by atoms with van der Waals surface area (Å²) in [5, 5.41) is -2.99. The van der Waals surface area contributed by atoms with Gasteiger partial charge in [0.1, 0.15) is 0 Å². The monoisotopic (exact) mass is 361 g/mol. The average molecular weight is 361 g/mol. The summed E-state index contributed by atoms with van der Waals surface area (Å²) in [6.07, 6.45) is 2.10. The van der Waals surface area contributed by atoms with Gasteiger partial charge in [-0.05, 0) is 5.56 Å². The second-order valence-electron chi connectivity index (χ2n) is 5.17. The van der Waals surface area contributed by atoms with Crippen molar-refractivity contribution < 1.29 is 28.7 Å². The van der Waals surface area contributed by atoms with Crippen LogP contribution < -0.4 is 5.73 Å². The number of aromatic nitrogens is 2. The van der Waals surface area contributed by atoms with Gasteiger partial charge in [0.25, 0.3) is 0 Å². The SMILES string of the molecule is NC(Cc1cn(Cc2ccccc2)cn1)(P(=O)(O)O)P(=O)(O)O. The Morgan fingerprint density at radius 3 is 2.17 bits per heavy atom. The van der Waals surface area contributed by atoms with Crippen molar-refractivity contribution >= 4 is 15.2 Å². The van der Waals surface area contributed by atoms with E-state index in [4.69, 9.17) is 5.73 Å². The van der Waals surface area contributed by atoms with E-state index in [0.717, 1.165) is 5.56 Å². The summed E-state index contributed by atoms with van der Waals surface area (Å²) in [6.45, 7) is 0.456. The van der Waals surface area contributed by atoms with Crippen LogP contribution in [0.3, 0.4) is 0 Å². The Morgan fingerprint density at radius 2 is 1.65 bits per heavy atom. The van der Waals surface area contributed by atoms with Crippen LogP contribution in [0.5, 0.6) is 0 Å². The molecule has 0 saturated carbocycles. The van der Waals surface area contributed by atoms with E-state index in [9.17, 15) is 28.7 Å². The fourth-order valence-electron chi connectivity index (χ4n) is 2.02. The van der Waals surface area contributed by atoms with Crippen LogP contribution in [-0.2, 0) is 22.1 Å². The van der Waals surface area contributed by atoms with Gasteiger partial charge >= 0.3 is 15.2 Å². The Morgan fingerprint density at radius 1 is 1.09 bits per heavy atom. The van der Waals surface area contributed by atoms with Crippen molar-refractivity contribution in [2.24, 2.45) is 5.73 Å². The smallest absolute Gasteiger partial charge is 0.333 e. The number of hydrogen-bond donors (Lipinski definition) is 5. The molecule has 0 amide bonds. The van der Waals surface area contributed by atoms with Crippen molar-refractivity contribution in [1.82, 2.24) is 9.55 Å². The number of benzene rings is 1. The molecule has 1 aromatic heterocycles. The Bertz CT molecular complexity index is 744. The maximum absolute atomic E-state index is 11.4. The van der Waals surface area contributed by atoms with Crippen LogP contribution in [0.15, 0.2) is 42.9 Å². The summed E-state index contributed by atoms with van der Waals surface area (Å²) in [7, 11) is -10.5. The minimum absolute atomic E-state index is 0.0788. The molecular weight excluding hydrogens is 344 g/mol. The topological polar surface area (TPSA) is 159 Å². The Hall–Kier alpha value is -1.31. The molecule has 0 unspecified atom stereocenters. The third kappa shape index (κ3) is 3.97. The highest BCUT2D eigenvalue weighted by atomic mass is 31.2. The van der Waals surface area contributed by atoms with Gasteiger partial charge in [-0.15, -0.1) is 0 Å². The highest BCUT2D eigenvalue weighted by molar-refractivity contribution is 7.72. The largest absolute Gasteiger partial charge is 0.358 e. The molecule has 2 aromatic rings. The molecule has 1 aromatic carbocycles. The summed E-state index contributed by atoms with van der Waals surface area (Å²) in [6, 6.07) is 9.36. The lowest BCUT2D eigenvalue weighted by Crippen LogP contribution is -2.41. The molecule has 9 nitrogen and oxygen atoms in total. The van der Waals surface area contributed by atoms with Gasteiger partial charge in [-0.3, -0.25) is 9.13 Å². The van der Waals surface area contributed by atoms with Gasteiger partial charge in [0.2, 0.25) is 5.02 Å². The quantitative estimate of drug-likeness (QED) is 0.464. The summed E-state index contributed by atoms with van der Waals surface area (Å²) in [5.41, 5.74) is 6.42. The van der Waals surface area contributed by atoms with E-state index in [0.29, 0.717) is 6.54 Å². The third-order valence-electron chi connectivity index (χ3n) is 3.34. The van der Waals surface area contributed by atoms with E-state index in [1.54, 1.807) is 4.57 Å². The van der Waals surface area contributed by atoms with E-state index < -0.39 is 26.6 Å². The lowest BCUT2D eigenvalue weighted by atomic mass is 10.2. The van der Waals surface area contributed by atoms with Crippen molar-refractivity contribution in [3.8, 4) is 0 Å². The fourth-order valence-corrected chi connectivity index (χ4v) is 4.11. The highest BCUT2D eigenvalue weighted by Gasteiger charge is 2.57. The number of rotatable bonds is 6. The van der Waals surface area contributed by atoms with Gasteiger partial charge in [-0.1, -0.05) is 30.3 Å². The van der Waals surface area contributed by atoms with Gasteiger partial charge in [0.15, 0.2) is 0 Å². The first-order valence-corrected chi connectivity index (χ1v) is 9.70. The molecule has 2 rings (SSSR count). The second-order valence-corrected chi connectivity index (χ2v) is 9.29. The molecule has 0 aliphatic carbocycles. The molecule has 6 N–H and O–H groups in total. The normalized spacial score (nSPS) is 13.3. The summed E-state index contributed by atoms with van der Waals surface area (Å²) in [4.78, 5) is 40.9. The number of imidazole rings is 1. The lowest BCUT2D eigenvalue weighted by molar-refractivity contribution is 0.307. The molecule has 1 heterocycles. The van der Waals surface area contributed by atoms with Gasteiger partial charge in [0.05, 0.1) is 12.0 Å². The van der Waals surface area contributed by atoms with Crippen molar-refractivity contribution in [2.75, 3.05) is 0 Å². The lowest BCUT2D eigenvalue weighted by Gasteiger charge is -2.29. The van der Waals surface area contributed by atoms with Crippen molar-refractivity contribution in [1.29, 1.82) is 0 Å². The maximum atomic E-state index is 11.4. The van der Waals surface area contributed by atoms with Crippen molar-refractivity contribution in [2.45, 2.75) is 18.0 Å². The Kier molecular flexibility index (Phi) is 4.94. The van der Waals surface area contributed by atoms with Crippen LogP contribution in [-0.4, -0.2) is 34.1 Å². The molecular formula is C12H17N3O6P2. The molecule has 23 heavy (non-hydrogen) atoms. The number of hydrogen-bond acceptors (Lipinski definition) is 4. The minimum atomic E-state index is -5.27. The van der Waals surface area contributed by atoms with E-state index >= 15 is 0 Å². The zero-order valence-electron chi connectivity index (χ0n) is 11.9. The molecule has 0 radical (unpaired) electrons. The zero-order chi connectivity index (χ0) is 17.3. The van der Waals surface area contributed by atoms with Crippen LogP contribution in [0.4, 0.5) is 0 Å². The molecule has 0 saturated heterocycles. The second kappa shape index (κ2) is 6.30. The highest BCUT2D eigenvalue weighted by Crippen LogP contribution is 2.66. The molecule has 11 heteroatoms. The van der Waals surface area contributed by atoms with E-state index in [-0.39, 0.29) is 5.69 Å². The average Bonchev–Trinajstić information content (AvgIpc) is 2.84. The van der Waals surface area contributed by atoms with Gasteiger partial charge < -0.3 is 29.9 Å². The summed E-state index contributed by atoms with van der Waals surface area (Å²) in [5.74, 6) is 0. The van der Waals surface area contributed by atoms with Gasteiger partial charge in [-0.25, -0.2) is 4.98 Å². The van der Waals surface area contributed by atoms with Crippen LogP contribution in [0.1, 0.15) is 11.3 Å². The molecule has 126 valence electrons. The maximum Gasteiger partial charge on any atom is 0.358 e. The predicted octanol–water partition coefficient (Wildman–Crippen LogP) is 0.442. The van der Waals surface area contributed by atoms with E-state index in [1.165, 1.54) is 12.5 Å². The molecule has 0 aliphatic heterocycles. The number of nitrogens with two attached hydrogens (primary N) is 1. The third-order valence-corrected chi connectivity index (χ3v) is 7.24. The fraction of sp³-hybridized carbons (Fsp3) is 0.250. The van der Waals surface area contributed by atoms with Gasteiger partial charge in [-0.2, -0.15) is 0 Å². The Balaban J connectivity index is 2.23. The van der Waals surface area contributed by atoms with Crippen LogP contribution in [0.25, 0.3) is 0 Å². The zero-order valence-corrected chi connectivity index (χ0v) is 13.7. The minimum Gasteiger partial charge on any atom is -0.333 e. The van der Waals surface area contributed by atoms with Crippen LogP contribution in [0.2, 0.25) is 0 Å². The first-order valence-electron chi connectivity index (χ1n) is 6.48. The van der Waals surface area contributed by atoms with Crippen LogP contribution >= 0.6 is 15.2 Å². The van der Waals surface area contributed by atoms with E-state index in [2.05, 4.69) is 4.98 Å². The summed E-state index contributed by atoms with van der Waals surface area (Å²) >= 11 is 0. The summed E-state index contributed by atoms with van der Waals surface area (Å²) < 4.78 is 24.5. The molecule has 0 spiro atoms. The molecule has 0 fully saturated rings. The van der Waals surface area contributed by atoms with Gasteiger partial charge in [0, 0.05) is 19.2 Å². The molecule has 0 bridgehead atoms. The predicted molar refractivity (Wildman–Crippen MR) is 82.5 cm³/mol. The molecule has 0 atom stereocenters. The first-order chi connectivity index (χ1) is 10.5. The van der Waals surface area contributed by atoms with Crippen molar-refractivity contribution in [3.05, 3.63) is 54.1 Å². The standard InChI is InChI=1S/C12H17N3O6P2/c13-12(22(16,17)18,23(19,20)21)6-11-8-15(9-14-11)7-10-4-2-1-3-5-10/h1-5,8-9H,6-7,13H2,(H2,16,17,18)(H2,19,20,21). The van der Waals surface area contributed by atoms with Crippen LogP contribution in [0, 0.1) is 0 Å². The first kappa shape index (κ1) is 18.0. The van der Waals surface area contributed by atoms with E-state index in [1.807, 2.05) is 30.3 Å². The number of nitrogens with zero attached hydrogens (tertiary/aromatic N) is 2. The van der Waals surface area contributed by atoms with Crippen molar-refractivity contribution in [3.63, 3.8) is 0 Å². The molecule has 0 aliphatic rings.